The normalized spacial score (nSPS) is 10.7. The van der Waals surface area contributed by atoms with E-state index in [1.807, 2.05) is 29.8 Å². The first-order chi connectivity index (χ1) is 13.2. The summed E-state index contributed by atoms with van der Waals surface area (Å²) in [6.07, 6.45) is 3.47. The Balaban J connectivity index is 1.48. The van der Waals surface area contributed by atoms with Crippen LogP contribution >= 0.6 is 11.8 Å². The number of hydrogen-bond donors (Lipinski definition) is 0. The summed E-state index contributed by atoms with van der Waals surface area (Å²) >= 11 is 1.46. The second-order valence-corrected chi connectivity index (χ2v) is 6.55. The van der Waals surface area contributed by atoms with E-state index in [2.05, 4.69) is 31.4 Å². The summed E-state index contributed by atoms with van der Waals surface area (Å²) in [5, 5.41) is 22.2. The van der Waals surface area contributed by atoms with Crippen LogP contribution in [0, 0.1) is 11.3 Å². The molecule has 8 nitrogen and oxygen atoms in total. The Bertz CT molecular complexity index is 1110. The van der Waals surface area contributed by atoms with Crippen molar-refractivity contribution in [1.29, 1.82) is 5.26 Å². The van der Waals surface area contributed by atoms with Crippen molar-refractivity contribution < 1.29 is 4.52 Å². The third-order valence-corrected chi connectivity index (χ3v) is 4.81. The Kier molecular flexibility index (Phi) is 4.63. The van der Waals surface area contributed by atoms with E-state index in [-0.39, 0.29) is 0 Å². The molecule has 0 aliphatic rings. The summed E-state index contributed by atoms with van der Waals surface area (Å²) in [5.41, 5.74) is 2.16. The van der Waals surface area contributed by atoms with Gasteiger partial charge in [0.15, 0.2) is 16.8 Å². The molecule has 0 fully saturated rings. The maximum Gasteiger partial charge on any atom is 0.257 e. The van der Waals surface area contributed by atoms with Crippen LogP contribution in [-0.4, -0.2) is 29.9 Å². The van der Waals surface area contributed by atoms with Crippen molar-refractivity contribution in [2.24, 2.45) is 7.05 Å². The van der Waals surface area contributed by atoms with Gasteiger partial charge in [0, 0.05) is 30.6 Å². The summed E-state index contributed by atoms with van der Waals surface area (Å²) in [6, 6.07) is 12.9. The van der Waals surface area contributed by atoms with Crippen molar-refractivity contribution >= 4 is 11.8 Å². The molecule has 0 atom stereocenters. The van der Waals surface area contributed by atoms with Crippen LogP contribution in [0.2, 0.25) is 0 Å². The average molecular weight is 375 g/mol. The van der Waals surface area contributed by atoms with Gasteiger partial charge in [0.2, 0.25) is 0 Å². The molecule has 0 saturated heterocycles. The number of benzene rings is 1. The topological polar surface area (TPSA) is 106 Å². The highest BCUT2D eigenvalue weighted by atomic mass is 32.2. The first-order valence-electron chi connectivity index (χ1n) is 8.00. The fourth-order valence-corrected chi connectivity index (χ4v) is 3.22. The van der Waals surface area contributed by atoms with Gasteiger partial charge >= 0.3 is 0 Å². The zero-order valence-corrected chi connectivity index (χ0v) is 15.1. The number of pyridine rings is 1. The van der Waals surface area contributed by atoms with Crippen LogP contribution < -0.4 is 0 Å². The molecule has 0 bridgehead atoms. The fourth-order valence-electron chi connectivity index (χ4n) is 2.47. The molecule has 0 aliphatic heterocycles. The molecule has 0 saturated carbocycles. The van der Waals surface area contributed by atoms with Crippen molar-refractivity contribution in [2.75, 3.05) is 0 Å². The van der Waals surface area contributed by atoms with E-state index in [4.69, 9.17) is 9.78 Å². The highest BCUT2D eigenvalue weighted by Gasteiger charge is 2.14. The quantitative estimate of drug-likeness (QED) is 0.490. The largest absolute Gasteiger partial charge is 0.334 e. The van der Waals surface area contributed by atoms with Gasteiger partial charge in [-0.15, -0.1) is 10.2 Å². The minimum atomic E-state index is 0.386. The van der Waals surface area contributed by atoms with Gasteiger partial charge in [-0.3, -0.25) is 4.98 Å². The average Bonchev–Trinajstić information content (AvgIpc) is 3.34. The minimum Gasteiger partial charge on any atom is -0.334 e. The number of nitriles is 1. The molecule has 9 heteroatoms. The third-order valence-electron chi connectivity index (χ3n) is 3.79. The van der Waals surface area contributed by atoms with Gasteiger partial charge in [-0.2, -0.15) is 10.2 Å². The maximum absolute atomic E-state index is 9.00. The summed E-state index contributed by atoms with van der Waals surface area (Å²) in [7, 11) is 1.90. The van der Waals surface area contributed by atoms with Crippen LogP contribution in [0.15, 0.2) is 58.5 Å². The molecule has 0 radical (unpaired) electrons. The smallest absolute Gasteiger partial charge is 0.257 e. The zero-order valence-electron chi connectivity index (χ0n) is 14.3. The molecule has 4 rings (SSSR count). The molecule has 0 unspecified atom stereocenters. The molecule has 3 heterocycles. The number of nitrogens with zero attached hydrogens (tertiary/aromatic N) is 7. The SMILES string of the molecule is Cn1c(SCc2noc(-c3cccc(C#N)c3)n2)nnc1-c1cccnc1. The first kappa shape index (κ1) is 16.9. The van der Waals surface area contributed by atoms with Crippen LogP contribution in [0.1, 0.15) is 11.4 Å². The van der Waals surface area contributed by atoms with Gasteiger partial charge in [0.1, 0.15) is 0 Å². The van der Waals surface area contributed by atoms with Crippen LogP contribution in [0.4, 0.5) is 0 Å². The van der Waals surface area contributed by atoms with E-state index in [0.29, 0.717) is 23.0 Å². The Morgan fingerprint density at radius 1 is 1.19 bits per heavy atom. The number of hydrogen-bond acceptors (Lipinski definition) is 8. The molecule has 0 spiro atoms. The molecule has 0 N–H and O–H groups in total. The number of aromatic nitrogens is 6. The van der Waals surface area contributed by atoms with E-state index in [1.54, 1.807) is 30.6 Å². The van der Waals surface area contributed by atoms with Crippen LogP contribution in [0.3, 0.4) is 0 Å². The molecule has 0 amide bonds. The molecule has 0 aliphatic carbocycles. The molecule has 1 aromatic carbocycles. The monoisotopic (exact) mass is 375 g/mol. The van der Waals surface area contributed by atoms with Gasteiger partial charge in [-0.25, -0.2) is 0 Å². The van der Waals surface area contributed by atoms with Crippen LogP contribution in [-0.2, 0) is 12.8 Å². The summed E-state index contributed by atoms with van der Waals surface area (Å²) in [6.45, 7) is 0. The Morgan fingerprint density at radius 2 is 2.07 bits per heavy atom. The van der Waals surface area contributed by atoms with Crippen molar-refractivity contribution in [2.45, 2.75) is 10.9 Å². The van der Waals surface area contributed by atoms with E-state index < -0.39 is 0 Å². The van der Waals surface area contributed by atoms with Gasteiger partial charge in [-0.05, 0) is 30.3 Å². The second-order valence-electron chi connectivity index (χ2n) is 5.60. The standard InChI is InChI=1S/C18H13N7OS/c1-25-16(14-6-3-7-20-10-14)22-23-18(25)27-11-15-21-17(26-24-15)13-5-2-4-12(8-13)9-19/h2-8,10H,11H2,1H3. The van der Waals surface area contributed by atoms with Gasteiger partial charge < -0.3 is 9.09 Å². The van der Waals surface area contributed by atoms with Crippen molar-refractivity contribution in [3.05, 3.63) is 60.2 Å². The highest BCUT2D eigenvalue weighted by Crippen LogP contribution is 2.25. The highest BCUT2D eigenvalue weighted by molar-refractivity contribution is 7.98. The molecular formula is C18H13N7OS. The maximum atomic E-state index is 9.00. The van der Waals surface area contributed by atoms with Crippen LogP contribution in [0.5, 0.6) is 0 Å². The Hall–Kier alpha value is -3.51. The summed E-state index contributed by atoms with van der Waals surface area (Å²) < 4.78 is 7.21. The fraction of sp³-hybridized carbons (Fsp3) is 0.111. The van der Waals surface area contributed by atoms with Gasteiger partial charge in [-0.1, -0.05) is 23.0 Å². The Morgan fingerprint density at radius 3 is 2.89 bits per heavy atom. The van der Waals surface area contributed by atoms with Crippen molar-refractivity contribution in [3.8, 4) is 28.9 Å². The zero-order chi connectivity index (χ0) is 18.6. The summed E-state index contributed by atoms with van der Waals surface area (Å²) in [4.78, 5) is 8.50. The van der Waals surface area contributed by atoms with Gasteiger partial charge in [0.05, 0.1) is 17.4 Å². The lowest BCUT2D eigenvalue weighted by atomic mass is 10.1. The number of rotatable bonds is 5. The molecular weight excluding hydrogens is 362 g/mol. The predicted molar refractivity (Wildman–Crippen MR) is 98.2 cm³/mol. The molecule has 4 aromatic rings. The minimum absolute atomic E-state index is 0.386. The van der Waals surface area contributed by atoms with E-state index >= 15 is 0 Å². The lowest BCUT2D eigenvalue weighted by Crippen LogP contribution is -1.95. The lowest BCUT2D eigenvalue weighted by Gasteiger charge is -2.02. The van der Waals surface area contributed by atoms with E-state index in [1.165, 1.54) is 11.8 Å². The second kappa shape index (κ2) is 7.39. The van der Waals surface area contributed by atoms with Gasteiger partial charge in [0.25, 0.3) is 5.89 Å². The number of thioether (sulfide) groups is 1. The lowest BCUT2D eigenvalue weighted by molar-refractivity contribution is 0.425. The first-order valence-corrected chi connectivity index (χ1v) is 8.99. The van der Waals surface area contributed by atoms with E-state index in [0.717, 1.165) is 22.1 Å². The summed E-state index contributed by atoms with van der Waals surface area (Å²) in [5.74, 6) is 2.16. The van der Waals surface area contributed by atoms with Crippen LogP contribution in [0.25, 0.3) is 22.8 Å². The van der Waals surface area contributed by atoms with Crippen molar-refractivity contribution in [1.82, 2.24) is 29.9 Å². The Labute approximate surface area is 158 Å². The third kappa shape index (κ3) is 3.56. The molecule has 27 heavy (non-hydrogen) atoms. The molecule has 132 valence electrons. The van der Waals surface area contributed by atoms with Crippen molar-refractivity contribution in [3.63, 3.8) is 0 Å². The predicted octanol–water partition coefficient (Wildman–Crippen LogP) is 3.09. The van der Waals surface area contributed by atoms with E-state index in [9.17, 15) is 0 Å². The molecule has 3 aromatic heterocycles.